The van der Waals surface area contributed by atoms with Crippen LogP contribution < -0.4 is 0 Å². The van der Waals surface area contributed by atoms with Crippen molar-refractivity contribution in [2.24, 2.45) is 0 Å². The number of benzene rings is 1. The molecule has 0 aliphatic rings. The average molecular weight is 311 g/mol. The lowest BCUT2D eigenvalue weighted by Gasteiger charge is -2.01. The van der Waals surface area contributed by atoms with Crippen molar-refractivity contribution < 1.29 is 4.42 Å². The summed E-state index contributed by atoms with van der Waals surface area (Å²) in [6.07, 6.45) is 7.13. The van der Waals surface area contributed by atoms with Gasteiger partial charge in [0.25, 0.3) is 0 Å². The van der Waals surface area contributed by atoms with Crippen LogP contribution in [0.3, 0.4) is 0 Å². The second kappa shape index (κ2) is 6.42. The lowest BCUT2D eigenvalue weighted by atomic mass is 10.0. The second-order valence-electron chi connectivity index (χ2n) is 5.42. The van der Waals surface area contributed by atoms with Crippen LogP contribution in [0.4, 0.5) is 0 Å². The maximum absolute atomic E-state index is 6.13. The van der Waals surface area contributed by atoms with Gasteiger partial charge in [-0.3, -0.25) is 9.97 Å². The molecule has 3 heteroatoms. The molecule has 3 nitrogen and oxygen atoms in total. The Labute approximate surface area is 140 Å². The molecule has 0 radical (unpaired) electrons. The summed E-state index contributed by atoms with van der Waals surface area (Å²) in [4.78, 5) is 8.39. The van der Waals surface area contributed by atoms with E-state index in [2.05, 4.69) is 22.1 Å². The number of hydrogen-bond acceptors (Lipinski definition) is 2. The summed E-state index contributed by atoms with van der Waals surface area (Å²) < 4.78 is 6.13. The first kappa shape index (κ1) is 14.3. The Morgan fingerprint density at radius 2 is 1.08 bits per heavy atom. The average Bonchev–Trinajstić information content (AvgIpc) is 2.70. The highest BCUT2D eigenvalue weighted by Gasteiger charge is 2.20. The highest BCUT2D eigenvalue weighted by molar-refractivity contribution is 5.74. The Balaban J connectivity index is 1.92. The maximum atomic E-state index is 6.13. The molecule has 3 aromatic heterocycles. The Kier molecular flexibility index (Phi) is 3.82. The van der Waals surface area contributed by atoms with E-state index in [9.17, 15) is 0 Å². The fourth-order valence-corrected chi connectivity index (χ4v) is 2.60. The predicted molar refractivity (Wildman–Crippen MR) is 95.0 cm³/mol. The molecule has 0 unspecified atom stereocenters. The van der Waals surface area contributed by atoms with Gasteiger partial charge < -0.3 is 0 Å². The first-order valence-electron chi connectivity index (χ1n) is 7.74. The molecule has 0 atom stereocenters. The van der Waals surface area contributed by atoms with Crippen molar-refractivity contribution in [3.8, 4) is 33.8 Å². The van der Waals surface area contributed by atoms with Crippen LogP contribution in [0.2, 0.25) is 0 Å². The molecular weight excluding hydrogens is 296 g/mol. The van der Waals surface area contributed by atoms with E-state index in [4.69, 9.17) is 4.42 Å². The molecule has 3 heterocycles. The molecule has 0 saturated carbocycles. The van der Waals surface area contributed by atoms with Gasteiger partial charge in [-0.25, -0.2) is 4.42 Å². The highest BCUT2D eigenvalue weighted by Crippen LogP contribution is 2.32. The van der Waals surface area contributed by atoms with Crippen molar-refractivity contribution >= 4 is 0 Å². The van der Waals surface area contributed by atoms with Gasteiger partial charge in [0.05, 0.1) is 23.3 Å². The van der Waals surface area contributed by atoms with E-state index in [1.165, 1.54) is 0 Å². The molecule has 0 aliphatic carbocycles. The monoisotopic (exact) mass is 311 g/mol. The SMILES string of the molecule is c1ccc(-c2cc(-c3cccnc3)[o+]c(-c3cccnc3)c2)cc1. The zero-order valence-electron chi connectivity index (χ0n) is 13.0. The van der Waals surface area contributed by atoms with Crippen LogP contribution in [0.25, 0.3) is 33.8 Å². The van der Waals surface area contributed by atoms with Gasteiger partial charge in [-0.15, -0.1) is 0 Å². The zero-order chi connectivity index (χ0) is 16.2. The van der Waals surface area contributed by atoms with E-state index >= 15 is 0 Å². The number of hydrogen-bond donors (Lipinski definition) is 0. The Morgan fingerprint density at radius 1 is 0.542 bits per heavy atom. The fourth-order valence-electron chi connectivity index (χ4n) is 2.60. The minimum atomic E-state index is 0.781. The lowest BCUT2D eigenvalue weighted by Crippen LogP contribution is -1.87. The summed E-state index contributed by atoms with van der Waals surface area (Å²) in [6, 6.07) is 22.2. The Hall–Kier alpha value is -3.33. The summed E-state index contributed by atoms with van der Waals surface area (Å²) in [5.74, 6) is 1.56. The molecule has 0 aliphatic heterocycles. The van der Waals surface area contributed by atoms with Crippen molar-refractivity contribution in [1.29, 1.82) is 0 Å². The van der Waals surface area contributed by atoms with E-state index in [1.54, 1.807) is 24.8 Å². The molecule has 0 amide bonds. The molecule has 0 fully saturated rings. The van der Waals surface area contributed by atoms with Crippen LogP contribution in [0.15, 0.2) is 95.9 Å². The van der Waals surface area contributed by atoms with Gasteiger partial charge in [0.15, 0.2) is 0 Å². The van der Waals surface area contributed by atoms with E-state index in [0.717, 1.165) is 33.8 Å². The number of nitrogens with zero attached hydrogens (tertiary/aromatic N) is 2. The van der Waals surface area contributed by atoms with E-state index in [0.29, 0.717) is 0 Å². The van der Waals surface area contributed by atoms with Gasteiger partial charge >= 0.3 is 11.5 Å². The standard InChI is InChI=1S/C21H15N2O/c1-2-6-16(7-3-1)19-12-20(17-8-4-10-22-14-17)24-21(13-19)18-9-5-11-23-15-18/h1-15H/q+1. The van der Waals surface area contributed by atoms with E-state index in [-0.39, 0.29) is 0 Å². The largest absolute Gasteiger partial charge is 0.362 e. The van der Waals surface area contributed by atoms with Crippen molar-refractivity contribution in [2.45, 2.75) is 0 Å². The third-order valence-electron chi connectivity index (χ3n) is 3.79. The molecule has 0 saturated heterocycles. The summed E-state index contributed by atoms with van der Waals surface area (Å²) >= 11 is 0. The molecule has 0 spiro atoms. The smallest absolute Gasteiger partial charge is 0.264 e. The highest BCUT2D eigenvalue weighted by atomic mass is 16.3. The van der Waals surface area contributed by atoms with Crippen molar-refractivity contribution in [1.82, 2.24) is 9.97 Å². The van der Waals surface area contributed by atoms with Crippen LogP contribution in [0.5, 0.6) is 0 Å². The third-order valence-corrected chi connectivity index (χ3v) is 3.79. The maximum Gasteiger partial charge on any atom is 0.362 e. The van der Waals surface area contributed by atoms with Crippen molar-refractivity contribution in [2.75, 3.05) is 0 Å². The molecule has 0 N–H and O–H groups in total. The minimum Gasteiger partial charge on any atom is -0.264 e. The van der Waals surface area contributed by atoms with Crippen molar-refractivity contribution in [3.63, 3.8) is 0 Å². The fraction of sp³-hybridized carbons (Fsp3) is 0. The van der Waals surface area contributed by atoms with Gasteiger partial charge in [-0.2, -0.15) is 0 Å². The van der Waals surface area contributed by atoms with Gasteiger partial charge in [0.2, 0.25) is 0 Å². The van der Waals surface area contributed by atoms with Gasteiger partial charge in [-0.1, -0.05) is 30.3 Å². The van der Waals surface area contributed by atoms with Crippen molar-refractivity contribution in [3.05, 3.63) is 91.5 Å². The quantitative estimate of drug-likeness (QED) is 0.478. The number of pyridine rings is 2. The molecule has 1 aromatic carbocycles. The first-order valence-corrected chi connectivity index (χ1v) is 7.74. The summed E-state index contributed by atoms with van der Waals surface area (Å²) in [5, 5.41) is 0. The van der Waals surface area contributed by atoms with Gasteiger partial charge in [0.1, 0.15) is 0 Å². The third kappa shape index (κ3) is 2.92. The summed E-state index contributed by atoms with van der Waals surface area (Å²) in [7, 11) is 0. The number of rotatable bonds is 3. The summed E-state index contributed by atoms with van der Waals surface area (Å²) in [6.45, 7) is 0. The predicted octanol–water partition coefficient (Wildman–Crippen LogP) is 5.35. The molecule has 4 rings (SSSR count). The molecule has 0 bridgehead atoms. The zero-order valence-corrected chi connectivity index (χ0v) is 13.0. The van der Waals surface area contributed by atoms with Gasteiger partial charge in [-0.05, 0) is 29.8 Å². The normalized spacial score (nSPS) is 10.5. The first-order chi connectivity index (χ1) is 11.9. The lowest BCUT2D eigenvalue weighted by molar-refractivity contribution is 0.582. The molecule has 24 heavy (non-hydrogen) atoms. The minimum absolute atomic E-state index is 0.781. The topological polar surface area (TPSA) is 37.1 Å². The molecule has 4 aromatic rings. The van der Waals surface area contributed by atoms with E-state index < -0.39 is 0 Å². The van der Waals surface area contributed by atoms with Crippen LogP contribution in [-0.2, 0) is 0 Å². The van der Waals surface area contributed by atoms with Gasteiger partial charge in [0, 0.05) is 30.4 Å². The van der Waals surface area contributed by atoms with Crippen LogP contribution in [0.1, 0.15) is 0 Å². The Bertz CT molecular complexity index is 800. The molecular formula is C21H15N2O+. The van der Waals surface area contributed by atoms with Crippen LogP contribution >= 0.6 is 0 Å². The molecule has 114 valence electrons. The second-order valence-corrected chi connectivity index (χ2v) is 5.42. The van der Waals surface area contributed by atoms with Crippen LogP contribution in [0, 0.1) is 0 Å². The Morgan fingerprint density at radius 3 is 1.58 bits per heavy atom. The summed E-state index contributed by atoms with van der Waals surface area (Å²) in [5.41, 5.74) is 4.13. The van der Waals surface area contributed by atoms with Crippen LogP contribution in [-0.4, -0.2) is 9.97 Å². The number of aromatic nitrogens is 2. The van der Waals surface area contributed by atoms with E-state index in [1.807, 2.05) is 54.6 Å².